The van der Waals surface area contributed by atoms with Crippen molar-refractivity contribution in [3.63, 3.8) is 0 Å². The first-order valence-electron chi connectivity index (χ1n) is 8.20. The number of hydrogen-bond acceptors (Lipinski definition) is 4. The number of hydrogen-bond donors (Lipinski definition) is 1. The van der Waals surface area contributed by atoms with E-state index in [9.17, 15) is 5.26 Å². The van der Waals surface area contributed by atoms with E-state index >= 15 is 0 Å². The highest BCUT2D eigenvalue weighted by molar-refractivity contribution is 5.14. The molecule has 0 aromatic carbocycles. The molecule has 0 aromatic heterocycles. The molecule has 4 heteroatoms. The van der Waals surface area contributed by atoms with Gasteiger partial charge < -0.3 is 4.74 Å². The van der Waals surface area contributed by atoms with Gasteiger partial charge in [-0.1, -0.05) is 0 Å². The van der Waals surface area contributed by atoms with Crippen LogP contribution in [0.2, 0.25) is 0 Å². The van der Waals surface area contributed by atoms with Gasteiger partial charge in [0.15, 0.2) is 0 Å². The molecular formula is C16H27N3O. The first-order valence-corrected chi connectivity index (χ1v) is 8.20. The minimum atomic E-state index is -0.260. The fraction of sp³-hybridized carbons (Fsp3) is 0.938. The SMILES string of the molecule is COCCN(C1CC1)C1CCCC(C#N)(NC2CC2)C1. The van der Waals surface area contributed by atoms with Crippen LogP contribution in [-0.4, -0.2) is 48.8 Å². The molecule has 1 N–H and O–H groups in total. The summed E-state index contributed by atoms with van der Waals surface area (Å²) in [6, 6.07) is 4.55. The molecule has 0 saturated heterocycles. The fourth-order valence-corrected chi connectivity index (χ4v) is 3.68. The van der Waals surface area contributed by atoms with Crippen molar-refractivity contribution in [1.29, 1.82) is 5.26 Å². The normalized spacial score (nSPS) is 34.1. The summed E-state index contributed by atoms with van der Waals surface area (Å²) in [6.45, 7) is 1.83. The van der Waals surface area contributed by atoms with Crippen LogP contribution < -0.4 is 5.32 Å². The molecule has 0 spiro atoms. The van der Waals surface area contributed by atoms with Crippen molar-refractivity contribution in [3.05, 3.63) is 0 Å². The molecule has 112 valence electrons. The molecule has 3 rings (SSSR count). The Bertz CT molecular complexity index is 372. The summed E-state index contributed by atoms with van der Waals surface area (Å²) < 4.78 is 5.27. The van der Waals surface area contributed by atoms with Gasteiger partial charge >= 0.3 is 0 Å². The number of nitrogens with zero attached hydrogens (tertiary/aromatic N) is 2. The molecule has 0 aliphatic heterocycles. The Labute approximate surface area is 122 Å². The van der Waals surface area contributed by atoms with Gasteiger partial charge in [0.2, 0.25) is 0 Å². The fourth-order valence-electron chi connectivity index (χ4n) is 3.68. The van der Waals surface area contributed by atoms with Gasteiger partial charge in [-0.2, -0.15) is 5.26 Å². The molecule has 0 heterocycles. The highest BCUT2D eigenvalue weighted by Crippen LogP contribution is 2.38. The van der Waals surface area contributed by atoms with Crippen molar-refractivity contribution in [2.45, 2.75) is 75.0 Å². The summed E-state index contributed by atoms with van der Waals surface area (Å²) in [5.41, 5.74) is -0.260. The summed E-state index contributed by atoms with van der Waals surface area (Å²) in [6.07, 6.45) is 9.61. The molecule has 0 aromatic rings. The highest BCUT2D eigenvalue weighted by atomic mass is 16.5. The molecule has 0 radical (unpaired) electrons. The maximum atomic E-state index is 9.69. The van der Waals surface area contributed by atoms with Crippen molar-refractivity contribution in [2.75, 3.05) is 20.3 Å². The van der Waals surface area contributed by atoms with Crippen molar-refractivity contribution in [2.24, 2.45) is 0 Å². The molecule has 4 nitrogen and oxygen atoms in total. The molecule has 2 atom stereocenters. The Morgan fingerprint density at radius 1 is 1.25 bits per heavy atom. The molecule has 0 bridgehead atoms. The van der Waals surface area contributed by atoms with Gasteiger partial charge in [0.1, 0.15) is 5.54 Å². The minimum absolute atomic E-state index is 0.260. The highest BCUT2D eigenvalue weighted by Gasteiger charge is 2.44. The quantitative estimate of drug-likeness (QED) is 0.774. The number of rotatable bonds is 7. The molecule has 0 amide bonds. The van der Waals surface area contributed by atoms with E-state index in [1.165, 1.54) is 38.5 Å². The topological polar surface area (TPSA) is 48.3 Å². The van der Waals surface area contributed by atoms with Crippen LogP contribution in [0.5, 0.6) is 0 Å². The zero-order chi connectivity index (χ0) is 14.0. The average Bonchev–Trinajstić information content (AvgIpc) is 3.34. The second kappa shape index (κ2) is 6.01. The lowest BCUT2D eigenvalue weighted by Gasteiger charge is -2.42. The van der Waals surface area contributed by atoms with Gasteiger partial charge in [0, 0.05) is 31.8 Å². The van der Waals surface area contributed by atoms with E-state index in [0.29, 0.717) is 12.1 Å². The molecule has 3 saturated carbocycles. The minimum Gasteiger partial charge on any atom is -0.383 e. The average molecular weight is 277 g/mol. The zero-order valence-corrected chi connectivity index (χ0v) is 12.6. The van der Waals surface area contributed by atoms with Crippen molar-refractivity contribution >= 4 is 0 Å². The molecule has 3 aliphatic carbocycles. The lowest BCUT2D eigenvalue weighted by molar-refractivity contribution is 0.0776. The third-order valence-electron chi connectivity index (χ3n) is 5.04. The Kier molecular flexibility index (Phi) is 4.30. The van der Waals surface area contributed by atoms with Gasteiger partial charge in [-0.25, -0.2) is 0 Å². The number of ether oxygens (including phenoxy) is 1. The molecule has 3 aliphatic rings. The van der Waals surface area contributed by atoms with E-state index in [0.717, 1.165) is 32.0 Å². The Morgan fingerprint density at radius 3 is 2.65 bits per heavy atom. The Hall–Kier alpha value is -0.630. The van der Waals surface area contributed by atoms with E-state index in [1.807, 2.05) is 0 Å². The van der Waals surface area contributed by atoms with Crippen molar-refractivity contribution in [3.8, 4) is 6.07 Å². The van der Waals surface area contributed by atoms with Gasteiger partial charge in [-0.05, 0) is 51.4 Å². The van der Waals surface area contributed by atoms with E-state index < -0.39 is 0 Å². The predicted octanol–water partition coefficient (Wildman–Crippen LogP) is 2.05. The van der Waals surface area contributed by atoms with Crippen molar-refractivity contribution in [1.82, 2.24) is 10.2 Å². The number of methoxy groups -OCH3 is 1. The van der Waals surface area contributed by atoms with Crippen LogP contribution in [-0.2, 0) is 4.74 Å². The van der Waals surface area contributed by atoms with Crippen LogP contribution >= 0.6 is 0 Å². The molecule has 2 unspecified atom stereocenters. The first kappa shape index (κ1) is 14.3. The number of nitriles is 1. The molecule has 3 fully saturated rings. The van der Waals surface area contributed by atoms with Gasteiger partial charge in [-0.3, -0.25) is 10.2 Å². The van der Waals surface area contributed by atoms with Gasteiger partial charge in [0.25, 0.3) is 0 Å². The standard InChI is InChI=1S/C16H27N3O/c1-20-10-9-19(14-6-7-14)15-3-2-8-16(11-15,12-17)18-13-4-5-13/h13-15,18H,2-11H2,1H3. The summed E-state index contributed by atoms with van der Waals surface area (Å²) in [7, 11) is 1.78. The van der Waals surface area contributed by atoms with E-state index in [1.54, 1.807) is 7.11 Å². The molecule has 20 heavy (non-hydrogen) atoms. The Balaban J connectivity index is 1.64. The van der Waals surface area contributed by atoms with Crippen LogP contribution in [0.25, 0.3) is 0 Å². The second-order valence-corrected chi connectivity index (χ2v) is 6.82. The van der Waals surface area contributed by atoms with Crippen LogP contribution in [0, 0.1) is 11.3 Å². The van der Waals surface area contributed by atoms with Crippen LogP contribution in [0.15, 0.2) is 0 Å². The van der Waals surface area contributed by atoms with Crippen molar-refractivity contribution < 1.29 is 4.74 Å². The van der Waals surface area contributed by atoms with E-state index in [4.69, 9.17) is 4.74 Å². The van der Waals surface area contributed by atoms with E-state index in [2.05, 4.69) is 16.3 Å². The van der Waals surface area contributed by atoms with Crippen LogP contribution in [0.3, 0.4) is 0 Å². The lowest BCUT2D eigenvalue weighted by atomic mass is 9.79. The Morgan fingerprint density at radius 2 is 2.05 bits per heavy atom. The summed E-state index contributed by atoms with van der Waals surface area (Å²) in [4.78, 5) is 2.63. The zero-order valence-electron chi connectivity index (χ0n) is 12.6. The number of nitrogens with one attached hydrogen (secondary N) is 1. The maximum absolute atomic E-state index is 9.69. The van der Waals surface area contributed by atoms with E-state index in [-0.39, 0.29) is 5.54 Å². The largest absolute Gasteiger partial charge is 0.383 e. The van der Waals surface area contributed by atoms with Crippen LogP contribution in [0.1, 0.15) is 51.4 Å². The summed E-state index contributed by atoms with van der Waals surface area (Å²) in [5.74, 6) is 0. The second-order valence-electron chi connectivity index (χ2n) is 6.82. The first-order chi connectivity index (χ1) is 9.76. The third kappa shape index (κ3) is 3.33. The maximum Gasteiger partial charge on any atom is 0.108 e. The van der Waals surface area contributed by atoms with Gasteiger partial charge in [0.05, 0.1) is 12.7 Å². The third-order valence-corrected chi connectivity index (χ3v) is 5.04. The van der Waals surface area contributed by atoms with Crippen LogP contribution in [0.4, 0.5) is 0 Å². The predicted molar refractivity (Wildman–Crippen MR) is 78.4 cm³/mol. The summed E-state index contributed by atoms with van der Waals surface area (Å²) in [5, 5.41) is 13.3. The monoisotopic (exact) mass is 277 g/mol. The summed E-state index contributed by atoms with van der Waals surface area (Å²) >= 11 is 0. The smallest absolute Gasteiger partial charge is 0.108 e. The molecular weight excluding hydrogens is 250 g/mol. The van der Waals surface area contributed by atoms with Gasteiger partial charge in [-0.15, -0.1) is 0 Å². The lowest BCUT2D eigenvalue weighted by Crippen LogP contribution is -2.54.